The molecule has 0 N–H and O–H groups in total. The first-order valence-corrected chi connectivity index (χ1v) is 8.43. The Kier molecular flexibility index (Phi) is 8.42. The SMILES string of the molecule is CC(C)OC(CCCCc1cc(F)c(F)cc1F)(O[Si])OC(C)C. The minimum absolute atomic E-state index is 0.122. The first-order valence-electron chi connectivity index (χ1n) is 8.03. The summed E-state index contributed by atoms with van der Waals surface area (Å²) in [5.41, 5.74) is 0.147. The van der Waals surface area contributed by atoms with Gasteiger partial charge in [-0.05, 0) is 58.6 Å². The van der Waals surface area contributed by atoms with Crippen molar-refractivity contribution in [3.63, 3.8) is 0 Å². The van der Waals surface area contributed by atoms with E-state index in [0.29, 0.717) is 25.3 Å². The first-order chi connectivity index (χ1) is 11.2. The zero-order chi connectivity index (χ0) is 18.3. The molecule has 0 aliphatic rings. The van der Waals surface area contributed by atoms with Crippen LogP contribution < -0.4 is 0 Å². The van der Waals surface area contributed by atoms with Crippen molar-refractivity contribution in [1.82, 2.24) is 0 Å². The fourth-order valence-corrected chi connectivity index (χ4v) is 2.57. The van der Waals surface area contributed by atoms with Crippen molar-refractivity contribution in [2.45, 2.75) is 71.6 Å². The van der Waals surface area contributed by atoms with Crippen molar-refractivity contribution < 1.29 is 27.1 Å². The Balaban J connectivity index is 2.63. The molecule has 0 atom stereocenters. The molecule has 3 radical (unpaired) electrons. The van der Waals surface area contributed by atoms with Crippen LogP contribution in [0.15, 0.2) is 12.1 Å². The Morgan fingerprint density at radius 1 is 0.917 bits per heavy atom. The Morgan fingerprint density at radius 3 is 1.96 bits per heavy atom. The molecule has 0 spiro atoms. The predicted octanol–water partition coefficient (Wildman–Crippen LogP) is 4.42. The molecule has 1 aromatic carbocycles. The van der Waals surface area contributed by atoms with E-state index in [2.05, 4.69) is 10.5 Å². The Hall–Kier alpha value is -0.893. The molecular weight excluding hydrogens is 337 g/mol. The summed E-state index contributed by atoms with van der Waals surface area (Å²) < 4.78 is 56.4. The van der Waals surface area contributed by atoms with E-state index in [0.717, 1.165) is 6.07 Å². The molecule has 0 unspecified atom stereocenters. The van der Waals surface area contributed by atoms with Crippen LogP contribution in [0, 0.1) is 17.5 Å². The molecule has 1 rings (SSSR count). The average molecular weight is 361 g/mol. The van der Waals surface area contributed by atoms with E-state index in [1.54, 1.807) is 0 Å². The highest BCUT2D eigenvalue weighted by atomic mass is 28.2. The summed E-state index contributed by atoms with van der Waals surface area (Å²) in [6, 6.07) is 1.47. The maximum atomic E-state index is 13.6. The number of halogens is 3. The van der Waals surface area contributed by atoms with Gasteiger partial charge in [0, 0.05) is 12.5 Å². The smallest absolute Gasteiger partial charge is 0.273 e. The van der Waals surface area contributed by atoms with Crippen LogP contribution in [-0.2, 0) is 20.3 Å². The number of rotatable bonds is 10. The minimum Gasteiger partial charge on any atom is -0.371 e. The van der Waals surface area contributed by atoms with Crippen molar-refractivity contribution in [2.24, 2.45) is 0 Å². The molecule has 0 amide bonds. The number of unbranched alkanes of at least 4 members (excludes halogenated alkanes) is 1. The van der Waals surface area contributed by atoms with Gasteiger partial charge in [0.05, 0.1) is 12.2 Å². The molecule has 1 aromatic rings. The Labute approximate surface area is 145 Å². The van der Waals surface area contributed by atoms with Crippen molar-refractivity contribution in [3.8, 4) is 0 Å². The van der Waals surface area contributed by atoms with Gasteiger partial charge in [0.15, 0.2) is 11.6 Å². The molecule has 24 heavy (non-hydrogen) atoms. The molecule has 0 aromatic heterocycles. The molecule has 0 heterocycles. The van der Waals surface area contributed by atoms with Gasteiger partial charge in [-0.1, -0.05) is 0 Å². The fourth-order valence-electron chi connectivity index (χ4n) is 2.38. The zero-order valence-electron chi connectivity index (χ0n) is 14.5. The van der Waals surface area contributed by atoms with E-state index in [1.165, 1.54) is 0 Å². The fraction of sp³-hybridized carbons (Fsp3) is 0.647. The monoisotopic (exact) mass is 361 g/mol. The number of benzene rings is 1. The summed E-state index contributed by atoms with van der Waals surface area (Å²) in [7, 11) is 3.01. The lowest BCUT2D eigenvalue weighted by Gasteiger charge is -2.35. The van der Waals surface area contributed by atoms with E-state index in [4.69, 9.17) is 13.9 Å². The van der Waals surface area contributed by atoms with Crippen LogP contribution in [0.2, 0.25) is 0 Å². The highest BCUT2D eigenvalue weighted by molar-refractivity contribution is 5.98. The van der Waals surface area contributed by atoms with Crippen LogP contribution >= 0.6 is 0 Å². The summed E-state index contributed by atoms with van der Waals surface area (Å²) in [6.07, 6.45) is 1.57. The lowest BCUT2D eigenvalue weighted by molar-refractivity contribution is -0.369. The first kappa shape index (κ1) is 21.2. The van der Waals surface area contributed by atoms with Crippen LogP contribution in [0.5, 0.6) is 0 Å². The summed E-state index contributed by atoms with van der Waals surface area (Å²) >= 11 is 0. The van der Waals surface area contributed by atoms with E-state index < -0.39 is 23.4 Å². The van der Waals surface area contributed by atoms with E-state index in [-0.39, 0.29) is 24.2 Å². The highest BCUT2D eigenvalue weighted by Crippen LogP contribution is 2.26. The molecule has 0 saturated heterocycles. The van der Waals surface area contributed by atoms with Crippen molar-refractivity contribution in [2.75, 3.05) is 0 Å². The van der Waals surface area contributed by atoms with Gasteiger partial charge in [0.25, 0.3) is 16.5 Å². The van der Waals surface area contributed by atoms with Crippen molar-refractivity contribution in [3.05, 3.63) is 35.1 Å². The molecule has 7 heteroatoms. The quantitative estimate of drug-likeness (QED) is 0.267. The van der Waals surface area contributed by atoms with Crippen LogP contribution in [0.4, 0.5) is 13.2 Å². The number of aryl methyl sites for hydroxylation is 1. The van der Waals surface area contributed by atoms with Gasteiger partial charge in [0.1, 0.15) is 5.82 Å². The summed E-state index contributed by atoms with van der Waals surface area (Å²) in [6.45, 7) is 7.45. The molecular formula is C17H24F3O3Si. The number of hydrogen-bond donors (Lipinski definition) is 0. The average Bonchev–Trinajstić information content (AvgIpc) is 2.47. The molecule has 135 valence electrons. The second kappa shape index (κ2) is 9.55. The molecule has 0 aliphatic carbocycles. The summed E-state index contributed by atoms with van der Waals surface area (Å²) in [5, 5.41) is 0. The van der Waals surface area contributed by atoms with Gasteiger partial charge in [-0.2, -0.15) is 0 Å². The van der Waals surface area contributed by atoms with E-state index >= 15 is 0 Å². The van der Waals surface area contributed by atoms with Gasteiger partial charge in [-0.25, -0.2) is 13.2 Å². The van der Waals surface area contributed by atoms with Gasteiger partial charge >= 0.3 is 0 Å². The van der Waals surface area contributed by atoms with E-state index in [9.17, 15) is 13.2 Å². The number of hydrogen-bond acceptors (Lipinski definition) is 3. The van der Waals surface area contributed by atoms with Gasteiger partial charge in [-0.3, -0.25) is 0 Å². The van der Waals surface area contributed by atoms with Crippen LogP contribution in [-0.4, -0.2) is 28.7 Å². The van der Waals surface area contributed by atoms with Crippen LogP contribution in [0.1, 0.15) is 52.5 Å². The standard InChI is InChI=1S/C17H24F3O3Si/c1-11(2)21-17(23-24,22-12(3)4)8-6-5-7-13-9-15(19)16(20)10-14(13)18/h9-12H,5-8H2,1-4H3. The van der Waals surface area contributed by atoms with Gasteiger partial charge < -0.3 is 13.9 Å². The lowest BCUT2D eigenvalue weighted by atomic mass is 10.1. The third-order valence-corrected chi connectivity index (χ3v) is 3.57. The van der Waals surface area contributed by atoms with Crippen LogP contribution in [0.3, 0.4) is 0 Å². The summed E-state index contributed by atoms with van der Waals surface area (Å²) in [4.78, 5) is 0. The third kappa shape index (κ3) is 6.55. The largest absolute Gasteiger partial charge is 0.371 e. The second-order valence-electron chi connectivity index (χ2n) is 6.18. The summed E-state index contributed by atoms with van der Waals surface area (Å²) in [5.74, 6) is -4.21. The van der Waals surface area contributed by atoms with Crippen LogP contribution in [0.25, 0.3) is 0 Å². The maximum Gasteiger partial charge on any atom is 0.273 e. The zero-order valence-corrected chi connectivity index (χ0v) is 15.5. The second-order valence-corrected chi connectivity index (χ2v) is 6.39. The van der Waals surface area contributed by atoms with Crippen molar-refractivity contribution in [1.29, 1.82) is 0 Å². The highest BCUT2D eigenvalue weighted by Gasteiger charge is 2.33. The Morgan fingerprint density at radius 2 is 1.46 bits per heavy atom. The molecule has 3 nitrogen and oxygen atoms in total. The minimum atomic E-state index is -1.24. The van der Waals surface area contributed by atoms with Crippen molar-refractivity contribution >= 4 is 10.5 Å². The maximum absolute atomic E-state index is 13.6. The molecule has 0 aliphatic heterocycles. The number of ether oxygens (including phenoxy) is 2. The molecule has 0 fully saturated rings. The molecule has 0 saturated carbocycles. The van der Waals surface area contributed by atoms with E-state index in [1.807, 2.05) is 27.7 Å². The third-order valence-electron chi connectivity index (χ3n) is 3.25. The predicted molar refractivity (Wildman–Crippen MR) is 85.9 cm³/mol. The van der Waals surface area contributed by atoms with Gasteiger partial charge in [-0.15, -0.1) is 0 Å². The topological polar surface area (TPSA) is 27.7 Å². The van der Waals surface area contributed by atoms with Gasteiger partial charge in [0.2, 0.25) is 0 Å². The molecule has 0 bridgehead atoms. The lowest BCUT2D eigenvalue weighted by Crippen LogP contribution is -2.42. The Bertz CT molecular complexity index is 514. The normalized spacial score (nSPS) is 12.4.